The van der Waals surface area contributed by atoms with Crippen molar-refractivity contribution in [3.8, 4) is 5.75 Å². The van der Waals surface area contributed by atoms with Crippen LogP contribution in [0.2, 0.25) is 5.02 Å². The second-order valence-electron chi connectivity index (χ2n) is 4.95. The molecule has 0 spiro atoms. The van der Waals surface area contributed by atoms with Crippen LogP contribution in [0.15, 0.2) is 22.7 Å². The highest BCUT2D eigenvalue weighted by molar-refractivity contribution is 9.10. The van der Waals surface area contributed by atoms with Crippen molar-refractivity contribution in [3.05, 3.63) is 27.7 Å². The number of halogens is 2. The third-order valence-corrected chi connectivity index (χ3v) is 3.40. The fourth-order valence-corrected chi connectivity index (χ4v) is 2.62. The Bertz CT molecular complexity index is 454. The molecule has 1 rings (SSSR count). The first kappa shape index (κ1) is 17.3. The van der Waals surface area contributed by atoms with Gasteiger partial charge in [0, 0.05) is 18.1 Å². The van der Waals surface area contributed by atoms with Gasteiger partial charge >= 0.3 is 5.97 Å². The molecule has 0 radical (unpaired) electrons. The standard InChI is InChI=1S/C14H19BrClNO3/c1-10(2)8-17(9-14(18)19)5-6-20-13-4-3-11(16)7-12(13)15/h3-4,7,10H,5-6,8-9H2,1-2H3,(H,18,19). The van der Waals surface area contributed by atoms with Crippen LogP contribution in [0.3, 0.4) is 0 Å². The molecule has 0 fully saturated rings. The first-order valence-corrected chi connectivity index (χ1v) is 7.57. The minimum absolute atomic E-state index is 0.0311. The summed E-state index contributed by atoms with van der Waals surface area (Å²) in [5.74, 6) is 0.296. The number of carboxylic acid groups (broad SMARTS) is 1. The van der Waals surface area contributed by atoms with Crippen LogP contribution in [-0.2, 0) is 4.79 Å². The van der Waals surface area contributed by atoms with Crippen LogP contribution in [0.1, 0.15) is 13.8 Å². The number of carbonyl (C=O) groups is 1. The molecular weight excluding hydrogens is 346 g/mol. The first-order valence-electron chi connectivity index (χ1n) is 6.40. The molecule has 1 N–H and O–H groups in total. The lowest BCUT2D eigenvalue weighted by atomic mass is 10.2. The predicted octanol–water partition coefficient (Wildman–Crippen LogP) is 3.52. The Balaban J connectivity index is 2.48. The van der Waals surface area contributed by atoms with Crippen LogP contribution in [0.4, 0.5) is 0 Å². The van der Waals surface area contributed by atoms with Gasteiger partial charge in [-0.25, -0.2) is 0 Å². The summed E-state index contributed by atoms with van der Waals surface area (Å²) in [4.78, 5) is 12.7. The van der Waals surface area contributed by atoms with Crippen molar-refractivity contribution in [2.75, 3.05) is 26.2 Å². The van der Waals surface area contributed by atoms with Crippen LogP contribution in [0.5, 0.6) is 5.75 Å². The normalized spacial score (nSPS) is 11.1. The van der Waals surface area contributed by atoms with Crippen LogP contribution in [0.25, 0.3) is 0 Å². The van der Waals surface area contributed by atoms with E-state index in [1.165, 1.54) is 0 Å². The monoisotopic (exact) mass is 363 g/mol. The molecule has 6 heteroatoms. The Morgan fingerprint density at radius 3 is 2.75 bits per heavy atom. The molecular formula is C14H19BrClNO3. The van der Waals surface area contributed by atoms with Gasteiger partial charge in [0.1, 0.15) is 12.4 Å². The number of hydrogen-bond acceptors (Lipinski definition) is 3. The number of nitrogens with zero attached hydrogens (tertiary/aromatic N) is 1. The lowest BCUT2D eigenvalue weighted by Gasteiger charge is -2.22. The zero-order chi connectivity index (χ0) is 15.1. The summed E-state index contributed by atoms with van der Waals surface area (Å²) >= 11 is 9.23. The Kier molecular flexibility index (Phi) is 7.34. The van der Waals surface area contributed by atoms with Gasteiger partial charge in [-0.3, -0.25) is 9.69 Å². The number of rotatable bonds is 8. The number of aliphatic carboxylic acids is 1. The molecule has 0 atom stereocenters. The topological polar surface area (TPSA) is 49.8 Å². The van der Waals surface area contributed by atoms with E-state index in [4.69, 9.17) is 21.4 Å². The van der Waals surface area contributed by atoms with E-state index in [2.05, 4.69) is 29.8 Å². The highest BCUT2D eigenvalue weighted by Crippen LogP contribution is 2.27. The highest BCUT2D eigenvalue weighted by atomic mass is 79.9. The molecule has 0 heterocycles. The maximum absolute atomic E-state index is 10.8. The molecule has 0 amide bonds. The van der Waals surface area contributed by atoms with Gasteiger partial charge in [-0.2, -0.15) is 0 Å². The molecule has 1 aromatic rings. The second kappa shape index (κ2) is 8.49. The maximum atomic E-state index is 10.8. The molecule has 0 unspecified atom stereocenters. The molecule has 0 bridgehead atoms. The van der Waals surface area contributed by atoms with E-state index in [-0.39, 0.29) is 6.54 Å². The van der Waals surface area contributed by atoms with Crippen LogP contribution in [-0.4, -0.2) is 42.2 Å². The molecule has 1 aromatic carbocycles. The largest absolute Gasteiger partial charge is 0.491 e. The molecule has 0 saturated carbocycles. The second-order valence-corrected chi connectivity index (χ2v) is 6.24. The van der Waals surface area contributed by atoms with Crippen molar-refractivity contribution >= 4 is 33.5 Å². The summed E-state index contributed by atoms with van der Waals surface area (Å²) in [6.07, 6.45) is 0. The molecule has 0 aliphatic rings. The van der Waals surface area contributed by atoms with E-state index in [1.807, 2.05) is 4.90 Å². The smallest absolute Gasteiger partial charge is 0.317 e. The Labute approximate surface area is 132 Å². The van der Waals surface area contributed by atoms with Crippen molar-refractivity contribution in [3.63, 3.8) is 0 Å². The van der Waals surface area contributed by atoms with Gasteiger partial charge in [0.2, 0.25) is 0 Å². The van der Waals surface area contributed by atoms with E-state index >= 15 is 0 Å². The summed E-state index contributed by atoms with van der Waals surface area (Å²) < 4.78 is 6.44. The minimum Gasteiger partial charge on any atom is -0.491 e. The van der Waals surface area contributed by atoms with Gasteiger partial charge in [-0.15, -0.1) is 0 Å². The summed E-state index contributed by atoms with van der Waals surface area (Å²) in [6, 6.07) is 5.31. The lowest BCUT2D eigenvalue weighted by molar-refractivity contribution is -0.138. The number of hydrogen-bond donors (Lipinski definition) is 1. The molecule has 112 valence electrons. The number of benzene rings is 1. The molecule has 4 nitrogen and oxygen atoms in total. The summed E-state index contributed by atoms with van der Waals surface area (Å²) in [7, 11) is 0. The zero-order valence-corrected chi connectivity index (χ0v) is 13.9. The fourth-order valence-electron chi connectivity index (χ4n) is 1.82. The van der Waals surface area contributed by atoms with Gasteiger partial charge in [0.05, 0.1) is 11.0 Å². The highest BCUT2D eigenvalue weighted by Gasteiger charge is 2.11. The minimum atomic E-state index is -0.821. The van der Waals surface area contributed by atoms with Gasteiger partial charge in [-0.05, 0) is 40.0 Å². The van der Waals surface area contributed by atoms with E-state index in [9.17, 15) is 4.79 Å². The summed E-state index contributed by atoms with van der Waals surface area (Å²) in [5.41, 5.74) is 0. The fraction of sp³-hybridized carbons (Fsp3) is 0.500. The number of ether oxygens (including phenoxy) is 1. The van der Waals surface area contributed by atoms with Crippen LogP contribution < -0.4 is 4.74 Å². The Morgan fingerprint density at radius 2 is 2.20 bits per heavy atom. The lowest BCUT2D eigenvalue weighted by Crippen LogP contribution is -2.36. The van der Waals surface area contributed by atoms with Gasteiger partial charge in [-0.1, -0.05) is 25.4 Å². The van der Waals surface area contributed by atoms with Gasteiger partial charge in [0.15, 0.2) is 0 Å². The average Bonchev–Trinajstić information content (AvgIpc) is 2.30. The van der Waals surface area contributed by atoms with E-state index in [0.717, 1.165) is 11.0 Å². The van der Waals surface area contributed by atoms with Crippen molar-refractivity contribution < 1.29 is 14.6 Å². The summed E-state index contributed by atoms with van der Waals surface area (Å²) in [6.45, 7) is 5.89. The van der Waals surface area contributed by atoms with E-state index in [1.54, 1.807) is 18.2 Å². The van der Waals surface area contributed by atoms with Crippen LogP contribution >= 0.6 is 27.5 Å². The number of carboxylic acids is 1. The Hall–Kier alpha value is -0.780. The van der Waals surface area contributed by atoms with Crippen LogP contribution in [0, 0.1) is 5.92 Å². The van der Waals surface area contributed by atoms with Crippen molar-refractivity contribution in [1.82, 2.24) is 4.90 Å². The van der Waals surface area contributed by atoms with Crippen molar-refractivity contribution in [1.29, 1.82) is 0 Å². The first-order chi connectivity index (χ1) is 9.38. The maximum Gasteiger partial charge on any atom is 0.317 e. The molecule has 0 aliphatic heterocycles. The molecule has 0 aliphatic carbocycles. The van der Waals surface area contributed by atoms with Gasteiger partial charge in [0.25, 0.3) is 0 Å². The quantitative estimate of drug-likeness (QED) is 0.767. The van der Waals surface area contributed by atoms with E-state index in [0.29, 0.717) is 29.8 Å². The SMILES string of the molecule is CC(C)CN(CCOc1ccc(Cl)cc1Br)CC(=O)O. The summed E-state index contributed by atoms with van der Waals surface area (Å²) in [5, 5.41) is 9.52. The molecule has 20 heavy (non-hydrogen) atoms. The van der Waals surface area contributed by atoms with Gasteiger partial charge < -0.3 is 9.84 Å². The third kappa shape index (κ3) is 6.59. The molecule has 0 aromatic heterocycles. The predicted molar refractivity (Wildman–Crippen MR) is 83.6 cm³/mol. The molecule has 0 saturated heterocycles. The average molecular weight is 365 g/mol. The zero-order valence-electron chi connectivity index (χ0n) is 11.6. The Morgan fingerprint density at radius 1 is 1.50 bits per heavy atom. The van der Waals surface area contributed by atoms with Crippen molar-refractivity contribution in [2.45, 2.75) is 13.8 Å². The van der Waals surface area contributed by atoms with Crippen molar-refractivity contribution in [2.24, 2.45) is 5.92 Å². The van der Waals surface area contributed by atoms with E-state index < -0.39 is 5.97 Å². The third-order valence-electron chi connectivity index (χ3n) is 2.54.